The first-order chi connectivity index (χ1) is 6.19. The summed E-state index contributed by atoms with van der Waals surface area (Å²) in [6.07, 6.45) is 0. The minimum Gasteiger partial charge on any atom is -0.494 e. The van der Waals surface area contributed by atoms with E-state index in [9.17, 15) is 9.70 Å². The van der Waals surface area contributed by atoms with E-state index >= 15 is 0 Å². The van der Waals surface area contributed by atoms with E-state index in [0.717, 1.165) is 0 Å². The van der Waals surface area contributed by atoms with Gasteiger partial charge in [-0.15, -0.1) is 4.91 Å². The Bertz CT molecular complexity index is 351. The molecule has 0 saturated heterocycles. The van der Waals surface area contributed by atoms with Crippen LogP contribution in [0, 0.1) is 4.91 Å². The van der Waals surface area contributed by atoms with Crippen molar-refractivity contribution in [1.29, 1.82) is 0 Å². The Balaban J connectivity index is 3.20. The van der Waals surface area contributed by atoms with E-state index in [-0.39, 0.29) is 17.0 Å². The summed E-state index contributed by atoms with van der Waals surface area (Å²) in [4.78, 5) is 20.9. The summed E-state index contributed by atoms with van der Waals surface area (Å²) in [7, 11) is 1.38. The van der Waals surface area contributed by atoms with Crippen molar-refractivity contribution in [2.24, 2.45) is 5.18 Å². The van der Waals surface area contributed by atoms with Gasteiger partial charge in [-0.3, -0.25) is 4.79 Å². The Kier molecular flexibility index (Phi) is 2.97. The molecule has 5 heteroatoms. The number of hydrogen-bond donors (Lipinski definition) is 0. The lowest BCUT2D eigenvalue weighted by Crippen LogP contribution is -1.90. The van der Waals surface area contributed by atoms with Gasteiger partial charge in [-0.2, -0.15) is 0 Å². The molecular formula is C8H6ClNO3. The number of rotatable bonds is 3. The molecule has 68 valence electrons. The summed E-state index contributed by atoms with van der Waals surface area (Å²) in [6, 6.07) is 4.15. The van der Waals surface area contributed by atoms with Crippen molar-refractivity contribution < 1.29 is 9.53 Å². The fraction of sp³-hybridized carbons (Fsp3) is 0.125. The van der Waals surface area contributed by atoms with E-state index < -0.39 is 5.24 Å². The third-order valence-corrected chi connectivity index (χ3v) is 1.72. The molecule has 0 aromatic heterocycles. The summed E-state index contributed by atoms with van der Waals surface area (Å²) in [5.41, 5.74) is 0.412. The van der Waals surface area contributed by atoms with Gasteiger partial charge < -0.3 is 4.74 Å². The molecule has 0 N–H and O–H groups in total. The number of ether oxygens (including phenoxy) is 1. The monoisotopic (exact) mass is 199 g/mol. The quantitative estimate of drug-likeness (QED) is 0.555. The second-order valence-corrected chi connectivity index (χ2v) is 2.59. The third kappa shape index (κ3) is 2.03. The smallest absolute Gasteiger partial charge is 0.252 e. The lowest BCUT2D eigenvalue weighted by atomic mass is 10.2. The van der Waals surface area contributed by atoms with E-state index in [4.69, 9.17) is 16.3 Å². The fourth-order valence-corrected chi connectivity index (χ4v) is 0.993. The first-order valence-electron chi connectivity index (χ1n) is 3.40. The van der Waals surface area contributed by atoms with E-state index in [1.54, 1.807) is 0 Å². The van der Waals surface area contributed by atoms with Crippen LogP contribution in [0.3, 0.4) is 0 Å². The number of methoxy groups -OCH3 is 1. The molecule has 0 aliphatic carbocycles. The van der Waals surface area contributed by atoms with Gasteiger partial charge in [-0.05, 0) is 35.0 Å². The summed E-state index contributed by atoms with van der Waals surface area (Å²) in [5.74, 6) is 0.238. The molecule has 0 heterocycles. The van der Waals surface area contributed by atoms with Crippen molar-refractivity contribution in [2.45, 2.75) is 0 Å². The van der Waals surface area contributed by atoms with Gasteiger partial charge in [-0.1, -0.05) is 0 Å². The Morgan fingerprint density at radius 1 is 1.54 bits per heavy atom. The normalized spacial score (nSPS) is 9.38. The second-order valence-electron chi connectivity index (χ2n) is 2.25. The van der Waals surface area contributed by atoms with Crippen LogP contribution >= 0.6 is 11.6 Å². The van der Waals surface area contributed by atoms with Crippen molar-refractivity contribution >= 4 is 22.5 Å². The van der Waals surface area contributed by atoms with Crippen molar-refractivity contribution in [2.75, 3.05) is 7.11 Å². The van der Waals surface area contributed by atoms with E-state index in [1.165, 1.54) is 25.3 Å². The zero-order valence-corrected chi connectivity index (χ0v) is 7.54. The van der Waals surface area contributed by atoms with E-state index in [1.807, 2.05) is 0 Å². The highest BCUT2D eigenvalue weighted by Gasteiger charge is 2.07. The standard InChI is InChI=1S/C8H6ClNO3/c1-13-7-4-5(8(9)11)2-3-6(7)10-12/h2-4H,1H3. The van der Waals surface area contributed by atoms with Crippen molar-refractivity contribution in [3.8, 4) is 5.75 Å². The van der Waals surface area contributed by atoms with Gasteiger partial charge in [0.25, 0.3) is 5.24 Å². The van der Waals surface area contributed by atoms with Crippen LogP contribution in [0.2, 0.25) is 0 Å². The number of nitrogens with zero attached hydrogens (tertiary/aromatic N) is 1. The van der Waals surface area contributed by atoms with Gasteiger partial charge in [-0.25, -0.2) is 0 Å². The van der Waals surface area contributed by atoms with Crippen molar-refractivity contribution in [3.05, 3.63) is 28.7 Å². The number of halogens is 1. The van der Waals surface area contributed by atoms with Gasteiger partial charge in [0.15, 0.2) is 0 Å². The van der Waals surface area contributed by atoms with Crippen molar-refractivity contribution in [1.82, 2.24) is 0 Å². The second kappa shape index (κ2) is 4.00. The average Bonchev–Trinajstić information content (AvgIpc) is 2.16. The van der Waals surface area contributed by atoms with Gasteiger partial charge in [0.05, 0.1) is 7.11 Å². The summed E-state index contributed by atoms with van der Waals surface area (Å²) < 4.78 is 4.82. The first kappa shape index (κ1) is 9.67. The van der Waals surface area contributed by atoms with Gasteiger partial charge in [0.1, 0.15) is 11.4 Å². The highest BCUT2D eigenvalue weighted by atomic mass is 35.5. The van der Waals surface area contributed by atoms with Crippen LogP contribution in [0.5, 0.6) is 5.75 Å². The molecule has 1 rings (SSSR count). The lowest BCUT2D eigenvalue weighted by molar-refractivity contribution is 0.108. The number of benzene rings is 1. The van der Waals surface area contributed by atoms with Crippen LogP contribution in [0.1, 0.15) is 10.4 Å². The zero-order chi connectivity index (χ0) is 9.84. The van der Waals surface area contributed by atoms with Crippen LogP contribution in [-0.4, -0.2) is 12.4 Å². The lowest BCUT2D eigenvalue weighted by Gasteiger charge is -2.02. The highest BCUT2D eigenvalue weighted by Crippen LogP contribution is 2.28. The zero-order valence-electron chi connectivity index (χ0n) is 6.78. The molecule has 0 saturated carbocycles. The fourth-order valence-electron chi connectivity index (χ4n) is 0.875. The molecule has 0 unspecified atom stereocenters. The third-order valence-electron chi connectivity index (χ3n) is 1.51. The molecule has 0 aliphatic heterocycles. The molecule has 0 atom stereocenters. The minimum atomic E-state index is -0.601. The van der Waals surface area contributed by atoms with E-state index in [2.05, 4.69) is 5.18 Å². The molecule has 0 amide bonds. The molecule has 0 radical (unpaired) electrons. The molecule has 4 nitrogen and oxygen atoms in total. The molecule has 0 aliphatic rings. The van der Waals surface area contributed by atoms with Crippen molar-refractivity contribution in [3.63, 3.8) is 0 Å². The Labute approximate surface area is 79.4 Å². The topological polar surface area (TPSA) is 55.7 Å². The van der Waals surface area contributed by atoms with E-state index in [0.29, 0.717) is 0 Å². The van der Waals surface area contributed by atoms with Crippen LogP contribution < -0.4 is 4.74 Å². The van der Waals surface area contributed by atoms with Gasteiger partial charge in [0.2, 0.25) is 0 Å². The first-order valence-corrected chi connectivity index (χ1v) is 3.78. The largest absolute Gasteiger partial charge is 0.494 e. The summed E-state index contributed by atoms with van der Waals surface area (Å²) >= 11 is 5.22. The molecule has 0 bridgehead atoms. The maximum absolute atomic E-state index is 10.7. The van der Waals surface area contributed by atoms with Gasteiger partial charge >= 0.3 is 0 Å². The Morgan fingerprint density at radius 2 is 2.23 bits per heavy atom. The molecule has 1 aromatic carbocycles. The number of nitroso groups, excluding NO2 is 1. The highest BCUT2D eigenvalue weighted by molar-refractivity contribution is 6.67. The molecule has 13 heavy (non-hydrogen) atoms. The Hall–Kier alpha value is -1.42. The maximum atomic E-state index is 10.7. The molecule has 0 spiro atoms. The predicted octanol–water partition coefficient (Wildman–Crippen LogP) is 2.47. The molecular weight excluding hydrogens is 194 g/mol. The van der Waals surface area contributed by atoms with Crippen LogP contribution in [-0.2, 0) is 0 Å². The number of hydrogen-bond acceptors (Lipinski definition) is 4. The van der Waals surface area contributed by atoms with Gasteiger partial charge in [0, 0.05) is 5.56 Å². The summed E-state index contributed by atoms with van der Waals surface area (Å²) in [6.45, 7) is 0. The Morgan fingerprint density at radius 3 is 2.69 bits per heavy atom. The van der Waals surface area contributed by atoms with Crippen LogP contribution in [0.15, 0.2) is 23.4 Å². The summed E-state index contributed by atoms with van der Waals surface area (Å²) in [5, 5.41) is 2.11. The number of carbonyl (C=O) groups excluding carboxylic acids is 1. The SMILES string of the molecule is COc1cc(C(=O)Cl)ccc1N=O. The minimum absolute atomic E-state index is 0.143. The molecule has 1 aromatic rings. The number of carbonyl (C=O) groups is 1. The maximum Gasteiger partial charge on any atom is 0.252 e. The average molecular weight is 200 g/mol. The van der Waals surface area contributed by atoms with Crippen LogP contribution in [0.4, 0.5) is 5.69 Å². The predicted molar refractivity (Wildman–Crippen MR) is 48.6 cm³/mol. The van der Waals surface area contributed by atoms with Crippen LogP contribution in [0.25, 0.3) is 0 Å². The molecule has 0 fully saturated rings.